The topological polar surface area (TPSA) is 54.0 Å². The number of benzene rings is 2. The number of allylic oxidation sites excluding steroid dienone is 1. The fourth-order valence-electron chi connectivity index (χ4n) is 2.69. The molecule has 0 saturated carbocycles. The monoisotopic (exact) mass is 324 g/mol. The van der Waals surface area contributed by atoms with Crippen molar-refractivity contribution in [1.82, 2.24) is 0 Å². The third-order valence-corrected chi connectivity index (χ3v) is 3.84. The molecule has 0 saturated heterocycles. The van der Waals surface area contributed by atoms with Gasteiger partial charge in [-0.2, -0.15) is 0 Å². The zero-order valence-corrected chi connectivity index (χ0v) is 13.0. The summed E-state index contributed by atoms with van der Waals surface area (Å²) < 4.78 is 22.2. The molecular weight excluding hydrogens is 308 g/mol. The standard InChI is InChI=1S/C19H16O5/c20-15(14-5-7-16-18(12-14)23-9-8-21-16)6-4-13-2-1-3-17-19(13)24-11-10-22-17/h1-7,12H,8-11H2/b6-4+. The van der Waals surface area contributed by atoms with Gasteiger partial charge < -0.3 is 18.9 Å². The number of carbonyl (C=O) groups is 1. The van der Waals surface area contributed by atoms with Crippen LogP contribution in [0.4, 0.5) is 0 Å². The largest absolute Gasteiger partial charge is 0.486 e. The maximum Gasteiger partial charge on any atom is 0.185 e. The van der Waals surface area contributed by atoms with Crippen LogP contribution in [-0.2, 0) is 0 Å². The Morgan fingerprint density at radius 1 is 0.833 bits per heavy atom. The van der Waals surface area contributed by atoms with Crippen molar-refractivity contribution in [3.63, 3.8) is 0 Å². The first kappa shape index (κ1) is 14.6. The minimum absolute atomic E-state index is 0.110. The number of hydrogen-bond acceptors (Lipinski definition) is 5. The molecule has 2 aliphatic rings. The molecule has 0 N–H and O–H groups in total. The molecule has 5 heteroatoms. The van der Waals surface area contributed by atoms with Gasteiger partial charge in [0.2, 0.25) is 0 Å². The fraction of sp³-hybridized carbons (Fsp3) is 0.211. The average molecular weight is 324 g/mol. The van der Waals surface area contributed by atoms with Crippen molar-refractivity contribution in [1.29, 1.82) is 0 Å². The molecule has 0 spiro atoms. The van der Waals surface area contributed by atoms with Crippen LogP contribution in [0.2, 0.25) is 0 Å². The lowest BCUT2D eigenvalue weighted by Gasteiger charge is -2.19. The molecule has 0 atom stereocenters. The Bertz CT molecular complexity index is 809. The summed E-state index contributed by atoms with van der Waals surface area (Å²) in [5, 5.41) is 0. The summed E-state index contributed by atoms with van der Waals surface area (Å²) in [5.74, 6) is 2.55. The van der Waals surface area contributed by atoms with Crippen LogP contribution in [0.25, 0.3) is 6.08 Å². The molecule has 0 amide bonds. The molecule has 0 unspecified atom stereocenters. The van der Waals surface area contributed by atoms with Gasteiger partial charge in [-0.15, -0.1) is 0 Å². The van der Waals surface area contributed by atoms with Gasteiger partial charge in [-0.05, 0) is 36.4 Å². The molecule has 2 aromatic rings. The quantitative estimate of drug-likeness (QED) is 0.641. The summed E-state index contributed by atoms with van der Waals surface area (Å²) >= 11 is 0. The second-order valence-electron chi connectivity index (χ2n) is 5.43. The average Bonchev–Trinajstić information content (AvgIpc) is 2.65. The zero-order chi connectivity index (χ0) is 16.4. The van der Waals surface area contributed by atoms with Gasteiger partial charge >= 0.3 is 0 Å². The van der Waals surface area contributed by atoms with Crippen molar-refractivity contribution >= 4 is 11.9 Å². The summed E-state index contributed by atoms with van der Waals surface area (Å²) in [6, 6.07) is 10.8. The van der Waals surface area contributed by atoms with Crippen LogP contribution < -0.4 is 18.9 Å². The maximum absolute atomic E-state index is 12.4. The van der Waals surface area contributed by atoms with Gasteiger partial charge in [-0.1, -0.05) is 12.1 Å². The Kier molecular flexibility index (Phi) is 3.83. The molecule has 2 heterocycles. The summed E-state index contributed by atoms with van der Waals surface area (Å²) in [4.78, 5) is 12.4. The molecule has 5 nitrogen and oxygen atoms in total. The normalized spacial score (nSPS) is 15.3. The number of carbonyl (C=O) groups excluding carboxylic acids is 1. The second kappa shape index (κ2) is 6.28. The highest BCUT2D eigenvalue weighted by atomic mass is 16.6. The van der Waals surface area contributed by atoms with E-state index in [1.54, 1.807) is 24.3 Å². The highest BCUT2D eigenvalue weighted by Crippen LogP contribution is 2.34. The molecule has 0 aliphatic carbocycles. The molecule has 0 bridgehead atoms. The van der Waals surface area contributed by atoms with E-state index in [-0.39, 0.29) is 5.78 Å². The second-order valence-corrected chi connectivity index (χ2v) is 5.43. The van der Waals surface area contributed by atoms with Crippen LogP contribution in [0.3, 0.4) is 0 Å². The van der Waals surface area contributed by atoms with Crippen molar-refractivity contribution in [2.45, 2.75) is 0 Å². The van der Waals surface area contributed by atoms with E-state index in [2.05, 4.69) is 0 Å². The van der Waals surface area contributed by atoms with Gasteiger partial charge in [-0.3, -0.25) is 4.79 Å². The van der Waals surface area contributed by atoms with E-state index in [0.29, 0.717) is 55.0 Å². The van der Waals surface area contributed by atoms with Gasteiger partial charge in [0.1, 0.15) is 26.4 Å². The van der Waals surface area contributed by atoms with Crippen LogP contribution >= 0.6 is 0 Å². The SMILES string of the molecule is O=C(/C=C/c1cccc2c1OCCO2)c1ccc2c(c1)OCCO2. The first-order valence-electron chi connectivity index (χ1n) is 7.82. The molecule has 0 fully saturated rings. The third-order valence-electron chi connectivity index (χ3n) is 3.84. The van der Waals surface area contributed by atoms with Gasteiger partial charge in [0.15, 0.2) is 28.8 Å². The lowest BCUT2D eigenvalue weighted by atomic mass is 10.1. The highest BCUT2D eigenvalue weighted by Gasteiger charge is 2.16. The molecule has 122 valence electrons. The Morgan fingerprint density at radius 3 is 2.46 bits per heavy atom. The zero-order valence-electron chi connectivity index (χ0n) is 13.0. The number of fused-ring (bicyclic) bond motifs is 2. The fourth-order valence-corrected chi connectivity index (χ4v) is 2.69. The number of para-hydroxylation sites is 1. The first-order chi connectivity index (χ1) is 11.8. The molecule has 2 aromatic carbocycles. The minimum Gasteiger partial charge on any atom is -0.486 e. The van der Waals surface area contributed by atoms with Gasteiger partial charge in [0.05, 0.1) is 0 Å². The predicted octanol–water partition coefficient (Wildman–Crippen LogP) is 3.13. The summed E-state index contributed by atoms with van der Waals surface area (Å²) in [7, 11) is 0. The van der Waals surface area contributed by atoms with Crippen LogP contribution in [0.5, 0.6) is 23.0 Å². The van der Waals surface area contributed by atoms with Crippen molar-refractivity contribution in [3.05, 3.63) is 53.6 Å². The number of ketones is 1. The Morgan fingerprint density at radius 2 is 1.58 bits per heavy atom. The van der Waals surface area contributed by atoms with Crippen LogP contribution in [-0.4, -0.2) is 32.2 Å². The van der Waals surface area contributed by atoms with E-state index in [9.17, 15) is 4.79 Å². The molecule has 24 heavy (non-hydrogen) atoms. The van der Waals surface area contributed by atoms with E-state index in [1.165, 1.54) is 6.08 Å². The lowest BCUT2D eigenvalue weighted by Crippen LogP contribution is -2.16. The molecule has 4 rings (SSSR count). The first-order valence-corrected chi connectivity index (χ1v) is 7.82. The number of ether oxygens (including phenoxy) is 4. The van der Waals surface area contributed by atoms with Gasteiger partial charge in [0, 0.05) is 11.1 Å². The van der Waals surface area contributed by atoms with E-state index in [0.717, 1.165) is 5.56 Å². The van der Waals surface area contributed by atoms with Gasteiger partial charge in [0.25, 0.3) is 0 Å². The smallest absolute Gasteiger partial charge is 0.185 e. The van der Waals surface area contributed by atoms with Crippen molar-refractivity contribution in [2.24, 2.45) is 0 Å². The van der Waals surface area contributed by atoms with Gasteiger partial charge in [-0.25, -0.2) is 0 Å². The van der Waals surface area contributed by atoms with Crippen molar-refractivity contribution < 1.29 is 23.7 Å². The van der Waals surface area contributed by atoms with Crippen molar-refractivity contribution in [2.75, 3.05) is 26.4 Å². The molecule has 0 radical (unpaired) electrons. The summed E-state index contributed by atoms with van der Waals surface area (Å²) in [5.41, 5.74) is 1.37. The Hall–Kier alpha value is -2.95. The van der Waals surface area contributed by atoms with E-state index >= 15 is 0 Å². The lowest BCUT2D eigenvalue weighted by molar-refractivity contribution is 0.104. The number of rotatable bonds is 3. The van der Waals surface area contributed by atoms with Crippen LogP contribution in [0, 0.1) is 0 Å². The third kappa shape index (κ3) is 2.80. The van der Waals surface area contributed by atoms with E-state index in [1.807, 2.05) is 18.2 Å². The predicted molar refractivity (Wildman–Crippen MR) is 88.2 cm³/mol. The Labute approximate surface area is 139 Å². The molecule has 0 aromatic heterocycles. The molecule has 2 aliphatic heterocycles. The van der Waals surface area contributed by atoms with Crippen LogP contribution in [0.15, 0.2) is 42.5 Å². The minimum atomic E-state index is -0.110. The van der Waals surface area contributed by atoms with E-state index < -0.39 is 0 Å². The molecular formula is C19H16O5. The Balaban J connectivity index is 1.57. The maximum atomic E-state index is 12.4. The highest BCUT2D eigenvalue weighted by molar-refractivity contribution is 6.07. The summed E-state index contributed by atoms with van der Waals surface area (Å²) in [6.07, 6.45) is 3.27. The van der Waals surface area contributed by atoms with Crippen LogP contribution in [0.1, 0.15) is 15.9 Å². The van der Waals surface area contributed by atoms with E-state index in [4.69, 9.17) is 18.9 Å². The number of hydrogen-bond donors (Lipinski definition) is 0. The summed E-state index contributed by atoms with van der Waals surface area (Å²) in [6.45, 7) is 2.07. The van der Waals surface area contributed by atoms with Crippen molar-refractivity contribution in [3.8, 4) is 23.0 Å².